The third-order valence-corrected chi connectivity index (χ3v) is 4.95. The van der Waals surface area contributed by atoms with Gasteiger partial charge in [0.1, 0.15) is 10.4 Å². The van der Waals surface area contributed by atoms with Gasteiger partial charge in [-0.05, 0) is 49.6 Å². The van der Waals surface area contributed by atoms with Gasteiger partial charge in [0.25, 0.3) is 5.91 Å². The molecule has 0 fully saturated rings. The molecule has 6 nitrogen and oxygen atoms in total. The first-order valence-electron chi connectivity index (χ1n) is 7.85. The number of phenolic OH excluding ortho intramolecular Hbond substituents is 1. The first-order valence-corrected chi connectivity index (χ1v) is 9.05. The molecule has 0 spiro atoms. The number of carbonyl (C=O) groups excluding carboxylic acids is 1. The first-order chi connectivity index (χ1) is 12.0. The van der Waals surface area contributed by atoms with Crippen LogP contribution >= 0.6 is 22.9 Å². The van der Waals surface area contributed by atoms with Crippen LogP contribution in [0.4, 0.5) is 0 Å². The van der Waals surface area contributed by atoms with E-state index in [1.165, 1.54) is 11.3 Å². The van der Waals surface area contributed by atoms with Crippen molar-refractivity contribution in [1.82, 2.24) is 19.9 Å². The van der Waals surface area contributed by atoms with Crippen molar-refractivity contribution in [3.8, 4) is 5.75 Å². The molecule has 0 aliphatic heterocycles. The molecule has 1 amide bonds. The number of aromatic hydroxyl groups is 1. The summed E-state index contributed by atoms with van der Waals surface area (Å²) in [5, 5.41) is 10.2. The molecular weight excluding hydrogens is 360 g/mol. The highest BCUT2D eigenvalue weighted by Crippen LogP contribution is 2.25. The molecule has 2 aromatic heterocycles. The molecule has 0 aliphatic rings. The Hall–Kier alpha value is -2.25. The summed E-state index contributed by atoms with van der Waals surface area (Å²) < 4.78 is 0.662. The second kappa shape index (κ2) is 7.33. The minimum absolute atomic E-state index is 0.0238. The number of nitrogens with zero attached hydrogens (tertiary/aromatic N) is 4. The number of halogens is 1. The average Bonchev–Trinajstić information content (AvgIpc) is 2.96. The molecule has 0 saturated carbocycles. The lowest BCUT2D eigenvalue weighted by Gasteiger charge is -2.20. The zero-order valence-corrected chi connectivity index (χ0v) is 15.4. The summed E-state index contributed by atoms with van der Waals surface area (Å²) in [7, 11) is 0. The number of thiazole rings is 1. The molecule has 25 heavy (non-hydrogen) atoms. The number of hydrogen-bond donors (Lipinski definition) is 1. The number of aromatic nitrogens is 3. The zero-order chi connectivity index (χ0) is 18.0. The van der Waals surface area contributed by atoms with Gasteiger partial charge in [-0.3, -0.25) is 4.79 Å². The molecule has 0 bridgehead atoms. The van der Waals surface area contributed by atoms with E-state index in [1.54, 1.807) is 17.0 Å². The highest BCUT2D eigenvalue weighted by molar-refractivity contribution is 7.18. The van der Waals surface area contributed by atoms with E-state index >= 15 is 0 Å². The summed E-state index contributed by atoms with van der Waals surface area (Å²) in [5.41, 5.74) is 1.80. The van der Waals surface area contributed by atoms with E-state index < -0.39 is 0 Å². The van der Waals surface area contributed by atoms with Gasteiger partial charge in [-0.15, -0.1) is 11.3 Å². The third-order valence-electron chi connectivity index (χ3n) is 3.81. The molecule has 130 valence electrons. The SMILES string of the molecule is CCN(CCc1ccc(O)cc1)C(=O)c1nc(Cl)nc2nc(C)sc12. The highest BCUT2D eigenvalue weighted by atomic mass is 35.5. The number of phenols is 1. The lowest BCUT2D eigenvalue weighted by atomic mass is 10.1. The van der Waals surface area contributed by atoms with E-state index in [4.69, 9.17) is 11.6 Å². The van der Waals surface area contributed by atoms with E-state index in [-0.39, 0.29) is 16.9 Å². The Morgan fingerprint density at radius 3 is 2.64 bits per heavy atom. The van der Waals surface area contributed by atoms with E-state index in [0.29, 0.717) is 35.6 Å². The largest absolute Gasteiger partial charge is 0.508 e. The van der Waals surface area contributed by atoms with Gasteiger partial charge in [-0.1, -0.05) is 12.1 Å². The number of benzene rings is 1. The second-order valence-corrected chi connectivity index (χ2v) is 7.07. The minimum atomic E-state index is -0.181. The van der Waals surface area contributed by atoms with Crippen molar-refractivity contribution in [3.05, 3.63) is 45.8 Å². The molecule has 2 heterocycles. The molecule has 0 unspecified atom stereocenters. The van der Waals surface area contributed by atoms with Crippen LogP contribution in [0, 0.1) is 6.92 Å². The normalized spacial score (nSPS) is 11.0. The Bertz CT molecular complexity index is 911. The number of fused-ring (bicyclic) bond motifs is 1. The van der Waals surface area contributed by atoms with Gasteiger partial charge >= 0.3 is 0 Å². The maximum absolute atomic E-state index is 12.9. The van der Waals surface area contributed by atoms with Crippen LogP contribution in [-0.2, 0) is 6.42 Å². The standard InChI is InChI=1S/C17H17ClN4O2S/c1-3-22(9-8-11-4-6-12(23)7-5-11)16(24)13-14-15(19-10(2)25-14)21-17(18)20-13/h4-7,23H,3,8-9H2,1-2H3. The monoisotopic (exact) mass is 376 g/mol. The average molecular weight is 377 g/mol. The first kappa shape index (κ1) is 17.6. The number of amides is 1. The Kier molecular flexibility index (Phi) is 5.15. The predicted octanol–water partition coefficient (Wildman–Crippen LogP) is 3.46. The summed E-state index contributed by atoms with van der Waals surface area (Å²) in [6.45, 7) is 4.88. The van der Waals surface area contributed by atoms with Crippen LogP contribution in [0.2, 0.25) is 5.28 Å². The van der Waals surface area contributed by atoms with Crippen LogP contribution in [-0.4, -0.2) is 44.0 Å². The maximum Gasteiger partial charge on any atom is 0.274 e. The van der Waals surface area contributed by atoms with Gasteiger partial charge in [0, 0.05) is 13.1 Å². The van der Waals surface area contributed by atoms with Crippen molar-refractivity contribution in [1.29, 1.82) is 0 Å². The quantitative estimate of drug-likeness (QED) is 0.690. The number of hydrogen-bond acceptors (Lipinski definition) is 6. The fourth-order valence-corrected chi connectivity index (χ4v) is 3.53. The summed E-state index contributed by atoms with van der Waals surface area (Å²) in [5.74, 6) is 0.0463. The predicted molar refractivity (Wildman–Crippen MR) is 98.3 cm³/mol. The van der Waals surface area contributed by atoms with Crippen molar-refractivity contribution in [2.75, 3.05) is 13.1 Å². The molecule has 0 saturated heterocycles. The Morgan fingerprint density at radius 1 is 1.24 bits per heavy atom. The molecular formula is C17H17ClN4O2S. The molecule has 0 atom stereocenters. The smallest absolute Gasteiger partial charge is 0.274 e. The number of aryl methyl sites for hydroxylation is 1. The van der Waals surface area contributed by atoms with Gasteiger partial charge in [0.15, 0.2) is 11.3 Å². The summed E-state index contributed by atoms with van der Waals surface area (Å²) in [4.78, 5) is 27.2. The molecule has 1 aromatic carbocycles. The fourth-order valence-electron chi connectivity index (χ4n) is 2.53. The second-order valence-electron chi connectivity index (χ2n) is 5.53. The van der Waals surface area contributed by atoms with Crippen molar-refractivity contribution in [3.63, 3.8) is 0 Å². The van der Waals surface area contributed by atoms with Crippen molar-refractivity contribution in [2.24, 2.45) is 0 Å². The Balaban J connectivity index is 1.83. The third kappa shape index (κ3) is 3.88. The van der Waals surface area contributed by atoms with Crippen LogP contribution in [0.15, 0.2) is 24.3 Å². The van der Waals surface area contributed by atoms with E-state index in [2.05, 4.69) is 15.0 Å². The lowest BCUT2D eigenvalue weighted by Crippen LogP contribution is -2.33. The van der Waals surface area contributed by atoms with Crippen LogP contribution in [0.3, 0.4) is 0 Å². The summed E-state index contributed by atoms with van der Waals surface area (Å²) in [6, 6.07) is 6.97. The van der Waals surface area contributed by atoms with Gasteiger partial charge in [0.05, 0.1) is 5.01 Å². The van der Waals surface area contributed by atoms with Crippen LogP contribution in [0.5, 0.6) is 5.75 Å². The minimum Gasteiger partial charge on any atom is -0.508 e. The molecule has 3 rings (SSSR count). The van der Waals surface area contributed by atoms with Gasteiger partial charge in [-0.25, -0.2) is 9.97 Å². The van der Waals surface area contributed by atoms with Crippen molar-refractivity contribution in [2.45, 2.75) is 20.3 Å². The van der Waals surface area contributed by atoms with Gasteiger partial charge < -0.3 is 10.0 Å². The molecule has 0 radical (unpaired) electrons. The number of carbonyl (C=O) groups is 1. The van der Waals surface area contributed by atoms with Crippen LogP contribution in [0.25, 0.3) is 10.3 Å². The molecule has 0 aliphatic carbocycles. The Morgan fingerprint density at radius 2 is 1.96 bits per heavy atom. The molecule has 3 aromatic rings. The van der Waals surface area contributed by atoms with Crippen molar-refractivity contribution < 1.29 is 9.90 Å². The summed E-state index contributed by atoms with van der Waals surface area (Å²) in [6.07, 6.45) is 0.684. The summed E-state index contributed by atoms with van der Waals surface area (Å²) >= 11 is 7.35. The highest BCUT2D eigenvalue weighted by Gasteiger charge is 2.22. The van der Waals surface area contributed by atoms with E-state index in [0.717, 1.165) is 10.6 Å². The number of likely N-dealkylation sites (N-methyl/N-ethyl adjacent to an activating group) is 1. The Labute approximate surface area is 154 Å². The van der Waals surface area contributed by atoms with Gasteiger partial charge in [-0.2, -0.15) is 4.98 Å². The van der Waals surface area contributed by atoms with Crippen LogP contribution in [0.1, 0.15) is 28.0 Å². The van der Waals surface area contributed by atoms with Gasteiger partial charge in [0.2, 0.25) is 5.28 Å². The van der Waals surface area contributed by atoms with E-state index in [1.807, 2.05) is 26.0 Å². The molecule has 1 N–H and O–H groups in total. The van der Waals surface area contributed by atoms with Crippen LogP contribution < -0.4 is 0 Å². The number of rotatable bonds is 5. The maximum atomic E-state index is 12.9. The zero-order valence-electron chi connectivity index (χ0n) is 13.9. The van der Waals surface area contributed by atoms with Crippen molar-refractivity contribution >= 4 is 39.2 Å². The van der Waals surface area contributed by atoms with E-state index in [9.17, 15) is 9.90 Å². The lowest BCUT2D eigenvalue weighted by molar-refractivity contribution is 0.0762. The topological polar surface area (TPSA) is 79.2 Å². The molecule has 8 heteroatoms. The fraction of sp³-hybridized carbons (Fsp3) is 0.294.